The van der Waals surface area contributed by atoms with Gasteiger partial charge in [-0.1, -0.05) is 6.07 Å². The summed E-state index contributed by atoms with van der Waals surface area (Å²) in [6.45, 7) is 8.00. The second-order valence-electron chi connectivity index (χ2n) is 9.95. The van der Waals surface area contributed by atoms with Crippen molar-refractivity contribution in [3.8, 4) is 23.0 Å². The van der Waals surface area contributed by atoms with E-state index in [9.17, 15) is 4.57 Å². The second-order valence-corrected chi connectivity index (χ2v) is 10.8. The van der Waals surface area contributed by atoms with Gasteiger partial charge in [-0.05, 0) is 75.1 Å². The fourth-order valence-corrected chi connectivity index (χ4v) is 6.78. The van der Waals surface area contributed by atoms with Crippen LogP contribution in [0.15, 0.2) is 30.3 Å². The summed E-state index contributed by atoms with van der Waals surface area (Å²) in [5.74, 6) is 2.53. The highest BCUT2D eigenvalue weighted by atomic mass is 31.1. The summed E-state index contributed by atoms with van der Waals surface area (Å²) in [5, 5.41) is 0. The summed E-state index contributed by atoms with van der Waals surface area (Å²) in [6.07, 6.45) is 0.729. The number of ether oxygens (including phenoxy) is 4. The van der Waals surface area contributed by atoms with Crippen LogP contribution in [0.1, 0.15) is 50.3 Å². The first-order chi connectivity index (χ1) is 16.1. The highest BCUT2D eigenvalue weighted by Gasteiger charge is 2.60. The lowest BCUT2D eigenvalue weighted by atomic mass is 9.57. The maximum atomic E-state index is 12.8. The maximum Gasteiger partial charge on any atom is 0.698 e. The van der Waals surface area contributed by atoms with Crippen molar-refractivity contribution in [1.82, 2.24) is 0 Å². The lowest BCUT2D eigenvalue weighted by molar-refractivity contribution is -0.0188. The van der Waals surface area contributed by atoms with Crippen molar-refractivity contribution in [2.45, 2.75) is 51.2 Å². The van der Waals surface area contributed by atoms with Gasteiger partial charge in [-0.15, -0.1) is 9.05 Å². The number of methoxy groups -OCH3 is 4. The fourth-order valence-electron chi connectivity index (χ4n) is 5.72. The van der Waals surface area contributed by atoms with Crippen LogP contribution in [0.3, 0.4) is 0 Å². The largest absolute Gasteiger partial charge is 0.698 e. The van der Waals surface area contributed by atoms with Crippen molar-refractivity contribution in [1.29, 1.82) is 0 Å². The predicted molar refractivity (Wildman–Crippen MR) is 130 cm³/mol. The molecule has 2 aliphatic rings. The minimum Gasteiger partial charge on any atom is -0.493 e. The van der Waals surface area contributed by atoms with E-state index in [4.69, 9.17) is 28.0 Å². The maximum absolute atomic E-state index is 12.8. The Hall–Kier alpha value is -2.34. The molecular weight excluding hydrogens is 455 g/mol. The Kier molecular flexibility index (Phi) is 6.58. The van der Waals surface area contributed by atoms with E-state index in [1.54, 1.807) is 28.4 Å². The minimum absolute atomic E-state index is 0.0210. The Morgan fingerprint density at radius 2 is 1.35 bits per heavy atom. The van der Waals surface area contributed by atoms with E-state index in [0.717, 1.165) is 23.1 Å². The molecule has 184 valence electrons. The lowest BCUT2D eigenvalue weighted by Gasteiger charge is -2.47. The van der Waals surface area contributed by atoms with Crippen LogP contribution in [0.5, 0.6) is 23.0 Å². The normalized spacial score (nSPS) is 26.0. The summed E-state index contributed by atoms with van der Waals surface area (Å²) in [4.78, 5) is 0. The van der Waals surface area contributed by atoms with Gasteiger partial charge in [0.25, 0.3) is 0 Å². The number of hydrogen-bond donors (Lipinski definition) is 0. The minimum atomic E-state index is -2.27. The van der Waals surface area contributed by atoms with Crippen molar-refractivity contribution >= 4 is 8.25 Å². The van der Waals surface area contributed by atoms with Crippen LogP contribution in [0.25, 0.3) is 0 Å². The van der Waals surface area contributed by atoms with E-state index in [1.807, 2.05) is 45.9 Å². The Morgan fingerprint density at radius 3 is 1.97 bits per heavy atom. The van der Waals surface area contributed by atoms with Gasteiger partial charge < -0.3 is 18.9 Å². The lowest BCUT2D eigenvalue weighted by Crippen LogP contribution is -2.50. The van der Waals surface area contributed by atoms with Gasteiger partial charge in [-0.2, -0.15) is 0 Å². The van der Waals surface area contributed by atoms with Gasteiger partial charge in [-0.25, -0.2) is 0 Å². The van der Waals surface area contributed by atoms with Crippen molar-refractivity contribution in [2.24, 2.45) is 11.8 Å². The molecule has 2 aromatic carbocycles. The Bertz CT molecular complexity index is 1090. The van der Waals surface area contributed by atoms with Crippen LogP contribution in [0, 0.1) is 11.8 Å². The SMILES string of the molecule is COc1ccc([C@H]2c3cc(OC)c(OC)cc3C[C@@H]3[C@@H]2C(C)(C)O[P+](=O)OC3(C)C)cc1OC. The summed E-state index contributed by atoms with van der Waals surface area (Å²) in [7, 11) is 4.26. The monoisotopic (exact) mass is 489 g/mol. The average molecular weight is 490 g/mol. The molecule has 1 unspecified atom stereocenters. The molecule has 0 aromatic heterocycles. The van der Waals surface area contributed by atoms with Gasteiger partial charge in [0.2, 0.25) is 0 Å². The molecule has 34 heavy (non-hydrogen) atoms. The first-order valence-corrected chi connectivity index (χ1v) is 12.5. The highest BCUT2D eigenvalue weighted by molar-refractivity contribution is 7.33. The van der Waals surface area contributed by atoms with Crippen LogP contribution in [-0.4, -0.2) is 39.6 Å². The van der Waals surface area contributed by atoms with E-state index < -0.39 is 19.5 Å². The van der Waals surface area contributed by atoms with Gasteiger partial charge >= 0.3 is 8.25 Å². The first kappa shape index (κ1) is 24.8. The van der Waals surface area contributed by atoms with Gasteiger partial charge in [0.15, 0.2) is 23.0 Å². The zero-order valence-corrected chi connectivity index (χ0v) is 22.0. The van der Waals surface area contributed by atoms with Crippen molar-refractivity contribution in [3.05, 3.63) is 47.0 Å². The fraction of sp³-hybridized carbons (Fsp3) is 0.538. The molecule has 0 spiro atoms. The molecule has 0 N–H and O–H groups in total. The Balaban J connectivity index is 2.01. The van der Waals surface area contributed by atoms with Crippen LogP contribution in [0.2, 0.25) is 0 Å². The molecule has 0 radical (unpaired) electrons. The number of fused-ring (bicyclic) bond motifs is 2. The third-order valence-corrected chi connectivity index (χ3v) is 8.53. The van der Waals surface area contributed by atoms with Crippen LogP contribution >= 0.6 is 8.25 Å². The topological polar surface area (TPSA) is 72.5 Å². The molecule has 1 heterocycles. The molecule has 1 saturated heterocycles. The van der Waals surface area contributed by atoms with E-state index in [2.05, 4.69) is 12.1 Å². The number of hydrogen-bond acceptors (Lipinski definition) is 7. The average Bonchev–Trinajstić information content (AvgIpc) is 2.86. The quantitative estimate of drug-likeness (QED) is 0.484. The van der Waals surface area contributed by atoms with Crippen LogP contribution < -0.4 is 18.9 Å². The van der Waals surface area contributed by atoms with Gasteiger partial charge in [0.1, 0.15) is 11.2 Å². The molecular formula is C26H34O7P+. The number of benzene rings is 2. The molecule has 7 nitrogen and oxygen atoms in total. The van der Waals surface area contributed by atoms with Gasteiger partial charge in [-0.3, -0.25) is 0 Å². The van der Waals surface area contributed by atoms with Crippen LogP contribution in [0.4, 0.5) is 0 Å². The van der Waals surface area contributed by atoms with E-state index in [0.29, 0.717) is 23.0 Å². The van der Waals surface area contributed by atoms with E-state index >= 15 is 0 Å². The molecule has 8 heteroatoms. The summed E-state index contributed by atoms with van der Waals surface area (Å²) in [5.41, 5.74) is 1.91. The zero-order valence-electron chi connectivity index (χ0n) is 21.1. The molecule has 2 aromatic rings. The molecule has 0 amide bonds. The number of rotatable bonds is 5. The predicted octanol–water partition coefficient (Wildman–Crippen LogP) is 5.90. The smallest absolute Gasteiger partial charge is 0.493 e. The molecule has 1 aliphatic carbocycles. The van der Waals surface area contributed by atoms with Gasteiger partial charge in [0.05, 0.1) is 28.4 Å². The zero-order chi connectivity index (χ0) is 24.8. The standard InChI is InChI=1S/C26H34O7P/c1-25(2)18-11-16-13-21(30-7)22(31-8)14-17(16)23(24(18)26(3,4)33-34(27)32-25)15-9-10-19(28-5)20(12-15)29-6/h9-10,12-14,18,23-24H,11H2,1-8H3/q+1/t18-,23+,24+/m1/s1. The molecule has 0 bridgehead atoms. The van der Waals surface area contributed by atoms with Crippen molar-refractivity contribution < 1.29 is 32.6 Å². The van der Waals surface area contributed by atoms with Crippen molar-refractivity contribution in [2.75, 3.05) is 28.4 Å². The molecule has 4 atom stereocenters. The third kappa shape index (κ3) is 4.15. The summed E-state index contributed by atoms with van der Waals surface area (Å²) >= 11 is 0. The molecule has 1 fully saturated rings. The first-order valence-electron chi connectivity index (χ1n) is 11.4. The van der Waals surface area contributed by atoms with Crippen molar-refractivity contribution in [3.63, 3.8) is 0 Å². The Morgan fingerprint density at radius 1 is 0.794 bits per heavy atom. The van der Waals surface area contributed by atoms with Crippen LogP contribution in [-0.2, 0) is 20.0 Å². The highest BCUT2D eigenvalue weighted by Crippen LogP contribution is 2.59. The third-order valence-electron chi connectivity index (χ3n) is 7.29. The molecule has 4 rings (SSSR count). The van der Waals surface area contributed by atoms with Gasteiger partial charge in [0, 0.05) is 22.3 Å². The molecule has 1 aliphatic heterocycles. The van der Waals surface area contributed by atoms with E-state index in [-0.39, 0.29) is 17.8 Å². The Labute approximate surface area is 202 Å². The summed E-state index contributed by atoms with van der Waals surface area (Å²) < 4.78 is 47.2. The second kappa shape index (κ2) is 9.03. The molecule has 0 saturated carbocycles. The summed E-state index contributed by atoms with van der Waals surface area (Å²) in [6, 6.07) is 10.1. The van der Waals surface area contributed by atoms with E-state index in [1.165, 1.54) is 0 Å².